The second-order valence-electron chi connectivity index (χ2n) is 4.38. The molecule has 0 spiro atoms. The summed E-state index contributed by atoms with van der Waals surface area (Å²) < 4.78 is 19.4. The number of anilines is 1. The molecule has 0 aliphatic rings. The quantitative estimate of drug-likeness (QED) is 0.768. The lowest BCUT2D eigenvalue weighted by molar-refractivity contribution is 0.102. The Kier molecular flexibility index (Phi) is 3.97. The molecule has 0 unspecified atom stereocenters. The third-order valence-electron chi connectivity index (χ3n) is 2.82. The van der Waals surface area contributed by atoms with Gasteiger partial charge in [0.25, 0.3) is 5.91 Å². The lowest BCUT2D eigenvalue weighted by Crippen LogP contribution is -2.12. The first-order chi connectivity index (χ1) is 10.6. The number of nitrogens with zero attached hydrogens (tertiary/aromatic N) is 2. The van der Waals surface area contributed by atoms with Crippen LogP contribution in [0, 0.1) is 5.82 Å². The molecule has 0 saturated carbocycles. The number of hydrogen-bond acceptors (Lipinski definition) is 4. The van der Waals surface area contributed by atoms with E-state index in [1.54, 1.807) is 12.1 Å². The van der Waals surface area contributed by atoms with E-state index >= 15 is 0 Å². The molecule has 0 saturated heterocycles. The fraction of sp³-hybridized carbons (Fsp3) is 0. The number of halogens is 2. The number of hydrogen-bond donors (Lipinski definition) is 1. The molecular formula is C15H9BrFN3O2. The van der Waals surface area contributed by atoms with E-state index in [0.717, 1.165) is 16.1 Å². The van der Waals surface area contributed by atoms with E-state index in [-0.39, 0.29) is 17.5 Å². The third kappa shape index (κ3) is 3.20. The summed E-state index contributed by atoms with van der Waals surface area (Å²) in [6.45, 7) is 0. The van der Waals surface area contributed by atoms with Crippen molar-refractivity contribution < 1.29 is 13.6 Å². The molecule has 0 bridgehead atoms. The Morgan fingerprint density at radius 1 is 1.14 bits per heavy atom. The summed E-state index contributed by atoms with van der Waals surface area (Å²) in [4.78, 5) is 11.9. The van der Waals surface area contributed by atoms with Crippen LogP contribution in [0.4, 0.5) is 10.4 Å². The Hall–Kier alpha value is -2.54. The molecule has 3 rings (SSSR count). The van der Waals surface area contributed by atoms with Crippen LogP contribution >= 0.6 is 15.9 Å². The highest BCUT2D eigenvalue weighted by Gasteiger charge is 2.13. The fourth-order valence-corrected chi connectivity index (χ4v) is 2.05. The highest BCUT2D eigenvalue weighted by Crippen LogP contribution is 2.22. The number of carbonyl (C=O) groups excluding carboxylic acids is 1. The van der Waals surface area contributed by atoms with E-state index in [9.17, 15) is 9.18 Å². The molecule has 0 fully saturated rings. The van der Waals surface area contributed by atoms with Gasteiger partial charge >= 0.3 is 6.01 Å². The van der Waals surface area contributed by atoms with E-state index in [0.29, 0.717) is 0 Å². The SMILES string of the molecule is O=C(Nc1nnc(-c2ccc(Br)cc2)o1)c1cccc(F)c1. The van der Waals surface area contributed by atoms with Crippen LogP contribution in [0.2, 0.25) is 0 Å². The van der Waals surface area contributed by atoms with Gasteiger partial charge in [-0.15, -0.1) is 5.10 Å². The standard InChI is InChI=1S/C15H9BrFN3O2/c16-11-6-4-9(5-7-11)14-19-20-15(22-14)18-13(21)10-2-1-3-12(17)8-10/h1-8H,(H,18,20,21). The normalized spacial score (nSPS) is 10.5. The average Bonchev–Trinajstić information content (AvgIpc) is 2.96. The average molecular weight is 362 g/mol. The van der Waals surface area contributed by atoms with Gasteiger partial charge < -0.3 is 4.42 Å². The number of aromatic nitrogens is 2. The van der Waals surface area contributed by atoms with Crippen LogP contribution in [0.25, 0.3) is 11.5 Å². The number of nitrogens with one attached hydrogen (secondary N) is 1. The van der Waals surface area contributed by atoms with Gasteiger partial charge in [0.1, 0.15) is 5.82 Å². The zero-order chi connectivity index (χ0) is 15.5. The predicted octanol–water partition coefficient (Wildman–Crippen LogP) is 3.89. The smallest absolute Gasteiger partial charge is 0.322 e. The molecule has 110 valence electrons. The van der Waals surface area contributed by atoms with Crippen molar-refractivity contribution in [1.82, 2.24) is 10.2 Å². The molecule has 1 N–H and O–H groups in total. The summed E-state index contributed by atoms with van der Waals surface area (Å²) >= 11 is 3.33. The van der Waals surface area contributed by atoms with E-state index in [4.69, 9.17) is 4.42 Å². The monoisotopic (exact) mass is 361 g/mol. The lowest BCUT2D eigenvalue weighted by Gasteiger charge is -2.00. The summed E-state index contributed by atoms with van der Waals surface area (Å²) in [5, 5.41) is 10.0. The predicted molar refractivity (Wildman–Crippen MR) is 81.8 cm³/mol. The molecule has 0 aliphatic carbocycles. The van der Waals surface area contributed by atoms with Crippen LogP contribution in [0.1, 0.15) is 10.4 Å². The van der Waals surface area contributed by atoms with Crippen molar-refractivity contribution in [3.8, 4) is 11.5 Å². The number of amides is 1. The van der Waals surface area contributed by atoms with E-state index in [2.05, 4.69) is 31.4 Å². The zero-order valence-electron chi connectivity index (χ0n) is 11.1. The Morgan fingerprint density at radius 2 is 1.91 bits per heavy atom. The molecule has 5 nitrogen and oxygen atoms in total. The van der Waals surface area contributed by atoms with E-state index < -0.39 is 11.7 Å². The van der Waals surface area contributed by atoms with Gasteiger partial charge in [-0.05, 0) is 42.5 Å². The minimum atomic E-state index is -0.523. The van der Waals surface area contributed by atoms with Crippen LogP contribution in [0.5, 0.6) is 0 Å². The second-order valence-corrected chi connectivity index (χ2v) is 5.30. The summed E-state index contributed by atoms with van der Waals surface area (Å²) in [7, 11) is 0. The van der Waals surface area contributed by atoms with Crippen molar-refractivity contribution in [3.05, 3.63) is 64.4 Å². The molecule has 2 aromatic carbocycles. The van der Waals surface area contributed by atoms with Crippen molar-refractivity contribution in [3.63, 3.8) is 0 Å². The number of rotatable bonds is 3. The molecule has 3 aromatic rings. The number of carbonyl (C=O) groups is 1. The van der Waals surface area contributed by atoms with Gasteiger partial charge in [0, 0.05) is 15.6 Å². The van der Waals surface area contributed by atoms with Gasteiger partial charge in [0.2, 0.25) is 5.89 Å². The van der Waals surface area contributed by atoms with Crippen molar-refractivity contribution in [2.24, 2.45) is 0 Å². The lowest BCUT2D eigenvalue weighted by atomic mass is 10.2. The minimum Gasteiger partial charge on any atom is -0.403 e. The molecule has 22 heavy (non-hydrogen) atoms. The topological polar surface area (TPSA) is 68.0 Å². The minimum absolute atomic E-state index is 0.0489. The maximum absolute atomic E-state index is 13.1. The van der Waals surface area contributed by atoms with Crippen LogP contribution < -0.4 is 5.32 Å². The van der Waals surface area contributed by atoms with Crippen molar-refractivity contribution >= 4 is 27.9 Å². The Morgan fingerprint density at radius 3 is 2.64 bits per heavy atom. The van der Waals surface area contributed by atoms with Gasteiger partial charge in [-0.25, -0.2) is 4.39 Å². The first-order valence-electron chi connectivity index (χ1n) is 6.28. The summed E-state index contributed by atoms with van der Waals surface area (Å²) in [6.07, 6.45) is 0. The van der Waals surface area contributed by atoms with Gasteiger partial charge in [0.15, 0.2) is 0 Å². The Bertz CT molecular complexity index is 818. The van der Waals surface area contributed by atoms with Gasteiger partial charge in [-0.1, -0.05) is 27.1 Å². The van der Waals surface area contributed by atoms with Crippen LogP contribution in [-0.4, -0.2) is 16.1 Å². The zero-order valence-corrected chi connectivity index (χ0v) is 12.7. The highest BCUT2D eigenvalue weighted by atomic mass is 79.9. The first kappa shape index (κ1) is 14.4. The van der Waals surface area contributed by atoms with E-state index in [1.165, 1.54) is 18.2 Å². The third-order valence-corrected chi connectivity index (χ3v) is 3.35. The van der Waals surface area contributed by atoms with Crippen LogP contribution in [0.15, 0.2) is 57.4 Å². The Labute approximate surface area is 133 Å². The molecule has 1 amide bonds. The molecule has 1 aromatic heterocycles. The first-order valence-corrected chi connectivity index (χ1v) is 7.07. The summed E-state index contributed by atoms with van der Waals surface area (Å²) in [5.41, 5.74) is 0.894. The number of benzene rings is 2. The van der Waals surface area contributed by atoms with Crippen molar-refractivity contribution in [1.29, 1.82) is 0 Å². The maximum Gasteiger partial charge on any atom is 0.322 e. The van der Waals surface area contributed by atoms with Crippen molar-refractivity contribution in [2.45, 2.75) is 0 Å². The molecular weight excluding hydrogens is 353 g/mol. The van der Waals surface area contributed by atoms with Gasteiger partial charge in [-0.2, -0.15) is 0 Å². The van der Waals surface area contributed by atoms with E-state index in [1.807, 2.05) is 12.1 Å². The maximum atomic E-state index is 13.1. The van der Waals surface area contributed by atoms with Gasteiger partial charge in [-0.3, -0.25) is 10.1 Å². The summed E-state index contributed by atoms with van der Waals surface area (Å²) in [6, 6.07) is 12.6. The molecule has 0 atom stereocenters. The molecule has 0 aliphatic heterocycles. The molecule has 0 radical (unpaired) electrons. The fourth-order valence-electron chi connectivity index (χ4n) is 1.78. The van der Waals surface area contributed by atoms with Crippen LogP contribution in [0.3, 0.4) is 0 Å². The largest absolute Gasteiger partial charge is 0.403 e. The molecule has 7 heteroatoms. The second kappa shape index (κ2) is 6.07. The highest BCUT2D eigenvalue weighted by molar-refractivity contribution is 9.10. The summed E-state index contributed by atoms with van der Waals surface area (Å²) in [5.74, 6) is -0.735. The van der Waals surface area contributed by atoms with Gasteiger partial charge in [0.05, 0.1) is 0 Å². The molecule has 1 heterocycles. The van der Waals surface area contributed by atoms with Crippen LogP contribution in [-0.2, 0) is 0 Å². The van der Waals surface area contributed by atoms with Crippen molar-refractivity contribution in [2.75, 3.05) is 5.32 Å². The Balaban J connectivity index is 1.77.